The first-order valence-electron chi connectivity index (χ1n) is 48.2. The van der Waals surface area contributed by atoms with E-state index in [1.54, 1.807) is 0 Å². The molecule has 16 aromatic rings. The lowest BCUT2D eigenvalue weighted by molar-refractivity contribution is 0.103. The summed E-state index contributed by atoms with van der Waals surface area (Å²) in [5, 5.41) is 12.1. The van der Waals surface area contributed by atoms with Crippen LogP contribution in [0.4, 0.5) is 0 Å². The van der Waals surface area contributed by atoms with E-state index in [0.717, 1.165) is 55.7 Å². The number of ketones is 1. The molecule has 0 heterocycles. The average molecular weight is 1800 g/mol. The van der Waals surface area contributed by atoms with Crippen molar-refractivity contribution in [2.24, 2.45) is 0 Å². The van der Waals surface area contributed by atoms with Crippen molar-refractivity contribution in [3.63, 3.8) is 0 Å². The van der Waals surface area contributed by atoms with Gasteiger partial charge >= 0.3 is 0 Å². The molecule has 0 aliphatic heterocycles. The lowest BCUT2D eigenvalue weighted by Gasteiger charge is -2.28. The Kier molecular flexibility index (Phi) is 33.3. The number of terminal acetylenes is 1. The van der Waals surface area contributed by atoms with Crippen LogP contribution >= 0.6 is 0 Å². The molecule has 0 unspecified atom stereocenters. The first kappa shape index (κ1) is 102. The normalized spacial score (nSPS) is 11.5. The third-order valence-electron chi connectivity index (χ3n) is 25.4. The monoisotopic (exact) mass is 1800 g/mol. The Morgan fingerprint density at radius 2 is 0.442 bits per heavy atom. The van der Waals surface area contributed by atoms with Gasteiger partial charge in [-0.3, -0.25) is 4.79 Å². The second-order valence-electron chi connectivity index (χ2n) is 42.4. The van der Waals surface area contributed by atoms with Gasteiger partial charge in [0, 0.05) is 44.5 Å². The number of hydrogen-bond acceptors (Lipinski definition) is 2. The summed E-state index contributed by atoms with van der Waals surface area (Å²) in [6, 6.07) is 143. The van der Waals surface area contributed by atoms with Gasteiger partial charge in [0.25, 0.3) is 0 Å². The minimum atomic E-state index is -1.43. The van der Waals surface area contributed by atoms with E-state index in [0.29, 0.717) is 0 Å². The second-order valence-corrected chi connectivity index (χ2v) is 42.4. The third-order valence-corrected chi connectivity index (χ3v) is 25.4. The van der Waals surface area contributed by atoms with Gasteiger partial charge in [-0.1, -0.05) is 541 Å². The molecular weight excluding hydrogens is 1670 g/mol. The molecule has 0 aliphatic carbocycles. The Bertz CT molecular complexity index is 6570. The third kappa shape index (κ3) is 27.8. The van der Waals surface area contributed by atoms with Crippen LogP contribution in [0.25, 0.3) is 55.7 Å². The zero-order valence-corrected chi connectivity index (χ0v) is 85.2. The standard InChI is InChI=1S/C36H38.C35H36O.C33H32.C18H20O.C14H10/c1-34(2,3)30-17-21-32(22-18-30)36(7,33-23-19-31(20-24-33)35(4,5)6)26-25-27-13-15-29(16-14-27)28-11-9-8-10-12-28;1-33(2,3)29-16-20-31(21-17-29)35(36,32-22-18-30(19-23-32)34(4,5)6)25-24-26-12-14-28(15-13-26)27-10-8-7-9-11-27;1-24-11-13-29(14-12-24)32(30-19-21-31(22-20-30)33(3,4)5)23-25(2)26-15-17-28(18-16-26)27-9-7-6-8-10-27;1-13-5-7-14(8-6-13)17(19)15-9-11-16(12-10-15)18(2,3)4;1-2-12-8-10-14(11-9-12)13-6-4-3-5-7-13/h8-24H,1-7H3;7-23,36H,1-6H3;6-22H,1-5H3;5-12H,1-4H3;1,3-11H. The maximum absolute atomic E-state index is 12.3. The minimum absolute atomic E-state index is 0.0389. The van der Waals surface area contributed by atoms with E-state index in [1.807, 2.05) is 159 Å². The molecule has 2 heteroatoms. The molecule has 0 radical (unpaired) electrons. The number of hydrogen-bond donors (Lipinski definition) is 1. The van der Waals surface area contributed by atoms with Crippen molar-refractivity contribution in [3.8, 4) is 80.5 Å². The molecule has 0 spiro atoms. The second kappa shape index (κ2) is 44.9. The van der Waals surface area contributed by atoms with Crippen LogP contribution < -0.4 is 0 Å². The molecule has 0 saturated carbocycles. The average Bonchev–Trinajstić information content (AvgIpc) is 0.778. The van der Waals surface area contributed by atoms with E-state index in [4.69, 9.17) is 6.42 Å². The van der Waals surface area contributed by atoms with E-state index in [1.165, 1.54) is 111 Å². The van der Waals surface area contributed by atoms with E-state index < -0.39 is 11.0 Å². The summed E-state index contributed by atoms with van der Waals surface area (Å²) in [6.07, 6.45) is 5.29. The SMILES string of the molecule is C#Cc1ccc(-c2ccccc2)cc1.CC(=C=C(c1ccc(C)cc1)c1ccc(C(C)(C)C)cc1)c1ccc(-c2ccccc2)cc1.CC(C)(C)c1ccc(C(C)(C#Cc2ccc(-c3ccccc3)cc2)c2ccc(C(C)(C)C)cc2)cc1.CC(C)(C)c1ccc(C(O)(C#Cc2ccc(-c3ccccc3)cc2)c2ccc(C(C)(C)C)cc2)cc1.Cc1ccc(C(=O)c2ccc(C(C)(C)C)cc2)cc1. The van der Waals surface area contributed by atoms with Crippen LogP contribution in [0.1, 0.15) is 255 Å². The first-order chi connectivity index (χ1) is 65.5. The first-order valence-corrected chi connectivity index (χ1v) is 48.2. The van der Waals surface area contributed by atoms with Gasteiger partial charge < -0.3 is 5.11 Å². The summed E-state index contributed by atoms with van der Waals surface area (Å²) >= 11 is 0. The molecular formula is C136H136O2. The van der Waals surface area contributed by atoms with Gasteiger partial charge in [0.2, 0.25) is 0 Å². The van der Waals surface area contributed by atoms with Crippen LogP contribution in [0.3, 0.4) is 0 Å². The Balaban J connectivity index is 0.000000160. The zero-order valence-electron chi connectivity index (χ0n) is 85.2. The molecule has 0 aromatic heterocycles. The number of aryl methyl sites for hydroxylation is 2. The Morgan fingerprint density at radius 1 is 0.232 bits per heavy atom. The van der Waals surface area contributed by atoms with Crippen LogP contribution in [-0.4, -0.2) is 10.9 Å². The van der Waals surface area contributed by atoms with Gasteiger partial charge in [-0.15, -0.1) is 12.2 Å². The Hall–Kier alpha value is -14.7. The fourth-order valence-electron chi connectivity index (χ4n) is 16.1. The van der Waals surface area contributed by atoms with Crippen molar-refractivity contribution in [2.45, 2.75) is 196 Å². The van der Waals surface area contributed by atoms with E-state index in [2.05, 4.69) is 442 Å². The maximum atomic E-state index is 12.3. The van der Waals surface area contributed by atoms with Crippen molar-refractivity contribution >= 4 is 16.9 Å². The molecule has 138 heavy (non-hydrogen) atoms. The summed E-state index contributed by atoms with van der Waals surface area (Å²) in [6.45, 7) is 48.5. The van der Waals surface area contributed by atoms with Gasteiger partial charge in [-0.25, -0.2) is 0 Å². The molecule has 16 aromatic carbocycles. The van der Waals surface area contributed by atoms with Crippen molar-refractivity contribution in [2.75, 3.05) is 0 Å². The van der Waals surface area contributed by atoms with E-state index in [-0.39, 0.29) is 38.3 Å². The summed E-state index contributed by atoms with van der Waals surface area (Å²) in [5.41, 5.74) is 36.3. The molecule has 0 bridgehead atoms. The molecule has 692 valence electrons. The summed E-state index contributed by atoms with van der Waals surface area (Å²) in [7, 11) is 0. The zero-order chi connectivity index (χ0) is 99.2. The van der Waals surface area contributed by atoms with Gasteiger partial charge in [0.15, 0.2) is 11.4 Å². The van der Waals surface area contributed by atoms with Gasteiger partial charge in [-0.2, -0.15) is 0 Å². The van der Waals surface area contributed by atoms with Crippen molar-refractivity contribution < 1.29 is 9.90 Å². The molecule has 2 nitrogen and oxygen atoms in total. The summed E-state index contributed by atoms with van der Waals surface area (Å²) in [5.74, 6) is 16.3. The highest BCUT2D eigenvalue weighted by Crippen LogP contribution is 2.39. The lowest BCUT2D eigenvalue weighted by Crippen LogP contribution is -2.26. The number of carbonyl (C=O) groups excluding carboxylic acids is 1. The molecule has 1 N–H and O–H groups in total. The van der Waals surface area contributed by atoms with Crippen molar-refractivity contribution in [3.05, 3.63) is 530 Å². The van der Waals surface area contributed by atoms with Crippen LogP contribution in [0.15, 0.2) is 418 Å². The minimum Gasteiger partial charge on any atom is -0.369 e. The number of rotatable bonds is 13. The number of aliphatic hydroxyl groups is 1. The largest absolute Gasteiger partial charge is 0.369 e. The topological polar surface area (TPSA) is 37.3 Å². The predicted octanol–water partition coefficient (Wildman–Crippen LogP) is 34.5. The number of allylic oxidation sites excluding steroid dienone is 1. The lowest BCUT2D eigenvalue weighted by atomic mass is 9.74. The highest BCUT2D eigenvalue weighted by atomic mass is 16.3. The molecule has 0 amide bonds. The number of carbonyl (C=O) groups is 1. The van der Waals surface area contributed by atoms with E-state index >= 15 is 0 Å². The number of benzene rings is 16. The van der Waals surface area contributed by atoms with Gasteiger partial charge in [-0.05, 0) is 208 Å². The Labute approximate surface area is 826 Å². The molecule has 0 aliphatic rings. The van der Waals surface area contributed by atoms with Gasteiger partial charge in [0.1, 0.15) is 0 Å². The van der Waals surface area contributed by atoms with Crippen LogP contribution in [0.2, 0.25) is 0 Å². The van der Waals surface area contributed by atoms with Crippen LogP contribution in [0, 0.1) is 49.9 Å². The summed E-state index contributed by atoms with van der Waals surface area (Å²) in [4.78, 5) is 12.3. The fourth-order valence-corrected chi connectivity index (χ4v) is 16.1. The molecule has 0 atom stereocenters. The molecule has 16 rings (SSSR count). The van der Waals surface area contributed by atoms with Gasteiger partial charge in [0.05, 0.1) is 5.41 Å². The highest BCUT2D eigenvalue weighted by Gasteiger charge is 2.32. The fraction of sp³-hybridized carbons (Fsp3) is 0.221. The highest BCUT2D eigenvalue weighted by molar-refractivity contribution is 6.09. The van der Waals surface area contributed by atoms with Crippen molar-refractivity contribution in [1.82, 2.24) is 0 Å². The molecule has 0 fully saturated rings. The molecule has 0 saturated heterocycles. The Morgan fingerprint density at radius 3 is 0.717 bits per heavy atom. The smallest absolute Gasteiger partial charge is 0.193 e. The summed E-state index contributed by atoms with van der Waals surface area (Å²) < 4.78 is 0. The quantitative estimate of drug-likeness (QED) is 0.0710. The maximum Gasteiger partial charge on any atom is 0.193 e. The van der Waals surface area contributed by atoms with E-state index in [9.17, 15) is 9.90 Å². The van der Waals surface area contributed by atoms with Crippen LogP contribution in [-0.2, 0) is 43.5 Å². The van der Waals surface area contributed by atoms with Crippen LogP contribution in [0.5, 0.6) is 0 Å². The van der Waals surface area contributed by atoms with Crippen molar-refractivity contribution in [1.29, 1.82) is 0 Å². The predicted molar refractivity (Wildman–Crippen MR) is 590 cm³/mol.